The van der Waals surface area contributed by atoms with E-state index in [1.165, 1.54) is 0 Å². The lowest BCUT2D eigenvalue weighted by molar-refractivity contribution is 0.0934. The van der Waals surface area contributed by atoms with E-state index in [1.54, 1.807) is 18.5 Å². The van der Waals surface area contributed by atoms with Gasteiger partial charge in [0.15, 0.2) is 0 Å². The van der Waals surface area contributed by atoms with Crippen LogP contribution in [0.3, 0.4) is 0 Å². The molecule has 0 aliphatic heterocycles. The molecule has 0 bridgehead atoms. The van der Waals surface area contributed by atoms with E-state index < -0.39 is 0 Å². The van der Waals surface area contributed by atoms with Crippen LogP contribution in [0.15, 0.2) is 48.8 Å². The van der Waals surface area contributed by atoms with E-state index in [1.807, 2.05) is 30.3 Å². The molecule has 2 heterocycles. The number of hydrogen-bond donors (Lipinski definition) is 1. The summed E-state index contributed by atoms with van der Waals surface area (Å²) in [4.78, 5) is 21.3. The van der Waals surface area contributed by atoms with Crippen molar-refractivity contribution in [3.8, 4) is 11.1 Å². The summed E-state index contributed by atoms with van der Waals surface area (Å²) in [6.07, 6.45) is 3.51. The second kappa shape index (κ2) is 6.81. The number of nitrogens with zero attached hydrogens (tertiary/aromatic N) is 2. The van der Waals surface area contributed by atoms with Crippen molar-refractivity contribution in [2.24, 2.45) is 5.41 Å². The van der Waals surface area contributed by atoms with E-state index in [4.69, 9.17) is 11.6 Å². The number of fused-ring (bicyclic) bond motifs is 1. The van der Waals surface area contributed by atoms with Gasteiger partial charge in [0.25, 0.3) is 5.91 Å². The number of nitrogens with one attached hydrogen (secondary N) is 1. The number of carbonyl (C=O) groups excluding carboxylic acids is 1. The van der Waals surface area contributed by atoms with Gasteiger partial charge >= 0.3 is 0 Å². The number of benzene rings is 1. The average Bonchev–Trinajstić information content (AvgIpc) is 2.59. The summed E-state index contributed by atoms with van der Waals surface area (Å²) in [7, 11) is 0. The number of pyridine rings is 2. The zero-order valence-electron chi connectivity index (χ0n) is 14.5. The number of carbonyl (C=O) groups is 1. The third-order valence-electron chi connectivity index (χ3n) is 3.77. The van der Waals surface area contributed by atoms with Crippen molar-refractivity contribution in [1.29, 1.82) is 0 Å². The van der Waals surface area contributed by atoms with Crippen molar-refractivity contribution in [1.82, 2.24) is 15.3 Å². The molecule has 0 saturated carbocycles. The molecule has 0 aliphatic carbocycles. The normalized spacial score (nSPS) is 11.5. The first-order valence-electron chi connectivity index (χ1n) is 8.12. The minimum atomic E-state index is -0.171. The van der Waals surface area contributed by atoms with Gasteiger partial charge < -0.3 is 5.32 Å². The van der Waals surface area contributed by atoms with Gasteiger partial charge in [0.05, 0.1) is 5.52 Å². The van der Waals surface area contributed by atoms with Gasteiger partial charge in [-0.25, -0.2) is 4.98 Å². The standard InChI is InChI=1S/C20H20ClN3O/c1-20(2,3)12-23-19(25)17-9-6-14-10-22-11-16(18(14)24-17)13-4-7-15(21)8-5-13/h4-11H,12H2,1-3H3,(H,23,25). The highest BCUT2D eigenvalue weighted by Crippen LogP contribution is 2.27. The maximum Gasteiger partial charge on any atom is 0.269 e. The van der Waals surface area contributed by atoms with E-state index in [9.17, 15) is 4.79 Å². The van der Waals surface area contributed by atoms with Crippen LogP contribution >= 0.6 is 11.6 Å². The van der Waals surface area contributed by atoms with Gasteiger partial charge in [0.2, 0.25) is 0 Å². The van der Waals surface area contributed by atoms with Crippen LogP contribution in [0.25, 0.3) is 22.0 Å². The zero-order valence-corrected chi connectivity index (χ0v) is 15.3. The Kier molecular flexibility index (Phi) is 4.73. The number of halogens is 1. The van der Waals surface area contributed by atoms with Gasteiger partial charge in [0.1, 0.15) is 5.69 Å². The SMILES string of the molecule is CC(C)(C)CNC(=O)c1ccc2cncc(-c3ccc(Cl)cc3)c2n1. The highest BCUT2D eigenvalue weighted by molar-refractivity contribution is 6.30. The van der Waals surface area contributed by atoms with Crippen molar-refractivity contribution in [3.63, 3.8) is 0 Å². The summed E-state index contributed by atoms with van der Waals surface area (Å²) < 4.78 is 0. The lowest BCUT2D eigenvalue weighted by Gasteiger charge is -2.18. The van der Waals surface area contributed by atoms with Crippen LogP contribution in [0.2, 0.25) is 5.02 Å². The van der Waals surface area contributed by atoms with Crippen molar-refractivity contribution in [2.75, 3.05) is 6.54 Å². The van der Waals surface area contributed by atoms with Crippen LogP contribution in [0.4, 0.5) is 0 Å². The van der Waals surface area contributed by atoms with Gasteiger partial charge in [-0.1, -0.05) is 44.5 Å². The summed E-state index contributed by atoms with van der Waals surface area (Å²) in [5.41, 5.74) is 3.01. The Morgan fingerprint density at radius 2 is 1.80 bits per heavy atom. The van der Waals surface area contributed by atoms with Crippen molar-refractivity contribution in [2.45, 2.75) is 20.8 Å². The molecule has 25 heavy (non-hydrogen) atoms. The fraction of sp³-hybridized carbons (Fsp3) is 0.250. The number of hydrogen-bond acceptors (Lipinski definition) is 3. The minimum absolute atomic E-state index is 0.0187. The van der Waals surface area contributed by atoms with E-state index in [2.05, 4.69) is 36.1 Å². The summed E-state index contributed by atoms with van der Waals surface area (Å²) in [6.45, 7) is 6.81. The Balaban J connectivity index is 2.00. The highest BCUT2D eigenvalue weighted by Gasteiger charge is 2.15. The Hall–Kier alpha value is -2.46. The summed E-state index contributed by atoms with van der Waals surface area (Å²) in [5, 5.41) is 4.50. The smallest absolute Gasteiger partial charge is 0.269 e. The molecule has 0 atom stereocenters. The molecule has 0 fully saturated rings. The first-order chi connectivity index (χ1) is 11.8. The molecule has 1 aromatic carbocycles. The predicted octanol–water partition coefficient (Wildman–Crippen LogP) is 4.73. The predicted molar refractivity (Wildman–Crippen MR) is 102 cm³/mol. The molecule has 3 aromatic rings. The van der Waals surface area contributed by atoms with Gasteiger partial charge in [-0.05, 0) is 35.2 Å². The number of aromatic nitrogens is 2. The molecule has 3 rings (SSSR count). The second-order valence-electron chi connectivity index (χ2n) is 7.21. The third-order valence-corrected chi connectivity index (χ3v) is 4.02. The topological polar surface area (TPSA) is 54.9 Å². The van der Waals surface area contributed by atoms with Crippen molar-refractivity contribution < 1.29 is 4.79 Å². The summed E-state index contributed by atoms with van der Waals surface area (Å²) in [5.74, 6) is -0.171. The van der Waals surface area contributed by atoms with Gasteiger partial charge in [-0.3, -0.25) is 9.78 Å². The maximum atomic E-state index is 12.4. The number of amides is 1. The first-order valence-corrected chi connectivity index (χ1v) is 8.50. The molecular formula is C20H20ClN3O. The molecule has 0 aliphatic rings. The largest absolute Gasteiger partial charge is 0.350 e. The van der Waals surface area contributed by atoms with E-state index in [0.29, 0.717) is 17.3 Å². The lowest BCUT2D eigenvalue weighted by Crippen LogP contribution is -2.32. The van der Waals surface area contributed by atoms with Crippen molar-refractivity contribution in [3.05, 3.63) is 59.5 Å². The van der Waals surface area contributed by atoms with Crippen LogP contribution in [-0.2, 0) is 0 Å². The fourth-order valence-corrected chi connectivity index (χ4v) is 2.57. The van der Waals surface area contributed by atoms with Crippen LogP contribution in [0.1, 0.15) is 31.3 Å². The monoisotopic (exact) mass is 353 g/mol. The fourth-order valence-electron chi connectivity index (χ4n) is 2.45. The maximum absolute atomic E-state index is 12.4. The van der Waals surface area contributed by atoms with E-state index in [-0.39, 0.29) is 11.3 Å². The zero-order chi connectivity index (χ0) is 18.0. The first kappa shape index (κ1) is 17.4. The molecule has 128 valence electrons. The molecule has 1 N–H and O–H groups in total. The molecule has 2 aromatic heterocycles. The highest BCUT2D eigenvalue weighted by atomic mass is 35.5. The molecular weight excluding hydrogens is 334 g/mol. The quantitative estimate of drug-likeness (QED) is 0.740. The van der Waals surface area contributed by atoms with Crippen LogP contribution < -0.4 is 5.32 Å². The molecule has 1 amide bonds. The minimum Gasteiger partial charge on any atom is -0.350 e. The molecule has 0 radical (unpaired) electrons. The van der Waals surface area contributed by atoms with Crippen LogP contribution in [0.5, 0.6) is 0 Å². The van der Waals surface area contributed by atoms with Gasteiger partial charge in [0, 0.05) is 34.9 Å². The molecule has 0 unspecified atom stereocenters. The van der Waals surface area contributed by atoms with Crippen LogP contribution in [-0.4, -0.2) is 22.4 Å². The van der Waals surface area contributed by atoms with Crippen molar-refractivity contribution >= 4 is 28.4 Å². The molecule has 0 saturated heterocycles. The Morgan fingerprint density at radius 3 is 2.48 bits per heavy atom. The summed E-state index contributed by atoms with van der Waals surface area (Å²) in [6, 6.07) is 11.1. The Morgan fingerprint density at radius 1 is 1.08 bits per heavy atom. The lowest BCUT2D eigenvalue weighted by atomic mass is 9.97. The van der Waals surface area contributed by atoms with Gasteiger partial charge in [-0.2, -0.15) is 0 Å². The van der Waals surface area contributed by atoms with E-state index in [0.717, 1.165) is 22.0 Å². The number of rotatable bonds is 3. The van der Waals surface area contributed by atoms with Gasteiger partial charge in [-0.15, -0.1) is 0 Å². The second-order valence-corrected chi connectivity index (χ2v) is 7.64. The summed E-state index contributed by atoms with van der Waals surface area (Å²) >= 11 is 5.97. The van der Waals surface area contributed by atoms with E-state index >= 15 is 0 Å². The third kappa shape index (κ3) is 4.15. The Labute approximate surface area is 152 Å². The molecule has 0 spiro atoms. The van der Waals surface area contributed by atoms with Crippen LogP contribution in [0, 0.1) is 5.41 Å². The molecule has 5 heteroatoms. The Bertz CT molecular complexity index is 914. The molecule has 4 nitrogen and oxygen atoms in total. The average molecular weight is 354 g/mol.